The molecule has 130 valence electrons. The Bertz CT molecular complexity index is 1080. The highest BCUT2D eigenvalue weighted by Gasteiger charge is 2.18. The van der Waals surface area contributed by atoms with Gasteiger partial charge in [0.2, 0.25) is 0 Å². The van der Waals surface area contributed by atoms with Gasteiger partial charge in [-0.2, -0.15) is 0 Å². The number of aromatic nitrogens is 4. The molecule has 2 aromatic heterocycles. The largest absolute Gasteiger partial charge is 0.458 e. The van der Waals surface area contributed by atoms with Crippen LogP contribution in [0.15, 0.2) is 38.3 Å². The Morgan fingerprint density at radius 1 is 1.36 bits per heavy atom. The third-order valence-corrected chi connectivity index (χ3v) is 4.21. The number of benzene rings is 1. The van der Waals surface area contributed by atoms with Gasteiger partial charge in [0.05, 0.1) is 0 Å². The molecule has 0 unspecified atom stereocenters. The third kappa shape index (κ3) is 3.41. The smallest absolute Gasteiger partial charge is 0.329 e. The van der Waals surface area contributed by atoms with Crippen molar-refractivity contribution in [1.29, 1.82) is 0 Å². The standard InChI is InChI=1S/C16H15BrN4O4/c1-9(22)25-8-12-18-14-13(15(23)19-16(24)20(14)2)21(12)7-10-4-3-5-11(17)6-10/h3-6H,7-8H2,1-2H3,(H,19,23,24). The molecular formula is C16H15BrN4O4. The first-order chi connectivity index (χ1) is 11.9. The van der Waals surface area contributed by atoms with E-state index in [1.807, 2.05) is 24.3 Å². The second kappa shape index (κ2) is 6.67. The highest BCUT2D eigenvalue weighted by molar-refractivity contribution is 9.10. The van der Waals surface area contributed by atoms with Gasteiger partial charge in [0.15, 0.2) is 11.2 Å². The average molecular weight is 407 g/mol. The molecule has 0 saturated carbocycles. The summed E-state index contributed by atoms with van der Waals surface area (Å²) in [5, 5.41) is 0. The molecule has 0 aliphatic carbocycles. The number of rotatable bonds is 4. The van der Waals surface area contributed by atoms with Crippen molar-refractivity contribution < 1.29 is 9.53 Å². The monoisotopic (exact) mass is 406 g/mol. The summed E-state index contributed by atoms with van der Waals surface area (Å²) >= 11 is 3.41. The molecule has 0 atom stereocenters. The van der Waals surface area contributed by atoms with Crippen LogP contribution in [0.1, 0.15) is 18.3 Å². The van der Waals surface area contributed by atoms with Gasteiger partial charge in [0, 0.05) is 25.0 Å². The van der Waals surface area contributed by atoms with Gasteiger partial charge >= 0.3 is 11.7 Å². The number of carbonyl (C=O) groups excluding carboxylic acids is 1. The number of nitrogens with one attached hydrogen (secondary N) is 1. The fraction of sp³-hybridized carbons (Fsp3) is 0.250. The molecule has 8 nitrogen and oxygen atoms in total. The molecule has 3 aromatic rings. The number of H-pyrrole nitrogens is 1. The average Bonchev–Trinajstić information content (AvgIpc) is 2.90. The van der Waals surface area contributed by atoms with Crippen LogP contribution in [0.4, 0.5) is 0 Å². The number of carbonyl (C=O) groups is 1. The van der Waals surface area contributed by atoms with E-state index in [4.69, 9.17) is 4.74 Å². The zero-order valence-electron chi connectivity index (χ0n) is 13.6. The Labute approximate surface area is 150 Å². The Morgan fingerprint density at radius 3 is 2.80 bits per heavy atom. The van der Waals surface area contributed by atoms with Gasteiger partial charge in [-0.15, -0.1) is 0 Å². The van der Waals surface area contributed by atoms with E-state index in [-0.39, 0.29) is 17.8 Å². The van der Waals surface area contributed by atoms with Gasteiger partial charge in [-0.25, -0.2) is 9.78 Å². The first-order valence-electron chi connectivity index (χ1n) is 7.43. The number of halogens is 1. The second-order valence-electron chi connectivity index (χ2n) is 5.51. The normalized spacial score (nSPS) is 11.0. The van der Waals surface area contributed by atoms with Gasteiger partial charge in [0.25, 0.3) is 5.56 Å². The van der Waals surface area contributed by atoms with Crippen molar-refractivity contribution in [3.8, 4) is 0 Å². The van der Waals surface area contributed by atoms with Crippen molar-refractivity contribution in [2.75, 3.05) is 0 Å². The lowest BCUT2D eigenvalue weighted by molar-refractivity contribution is -0.142. The molecule has 0 radical (unpaired) electrons. The van der Waals surface area contributed by atoms with E-state index in [9.17, 15) is 14.4 Å². The molecule has 0 spiro atoms. The summed E-state index contributed by atoms with van der Waals surface area (Å²) in [7, 11) is 1.52. The maximum Gasteiger partial charge on any atom is 0.329 e. The summed E-state index contributed by atoms with van der Waals surface area (Å²) in [4.78, 5) is 41.9. The second-order valence-corrected chi connectivity index (χ2v) is 6.43. The fourth-order valence-corrected chi connectivity index (χ4v) is 2.99. The first kappa shape index (κ1) is 17.2. The number of esters is 1. The minimum Gasteiger partial charge on any atom is -0.458 e. The highest BCUT2D eigenvalue weighted by Crippen LogP contribution is 2.17. The molecule has 0 amide bonds. The van der Waals surface area contributed by atoms with Gasteiger partial charge in [-0.1, -0.05) is 28.1 Å². The van der Waals surface area contributed by atoms with Crippen LogP contribution in [-0.4, -0.2) is 25.1 Å². The van der Waals surface area contributed by atoms with Crippen LogP contribution in [0.3, 0.4) is 0 Å². The lowest BCUT2D eigenvalue weighted by atomic mass is 10.2. The summed E-state index contributed by atoms with van der Waals surface area (Å²) < 4.78 is 8.85. The molecule has 25 heavy (non-hydrogen) atoms. The van der Waals surface area contributed by atoms with Gasteiger partial charge in [-0.05, 0) is 17.7 Å². The lowest BCUT2D eigenvalue weighted by Crippen LogP contribution is -2.29. The van der Waals surface area contributed by atoms with Gasteiger partial charge in [-0.3, -0.25) is 19.1 Å². The van der Waals surface area contributed by atoms with E-state index in [0.29, 0.717) is 12.4 Å². The molecule has 0 aliphatic rings. The number of ether oxygens (including phenoxy) is 1. The molecule has 9 heteroatoms. The topological polar surface area (TPSA) is 99.0 Å². The van der Waals surface area contributed by atoms with Crippen molar-refractivity contribution in [2.45, 2.75) is 20.1 Å². The highest BCUT2D eigenvalue weighted by atomic mass is 79.9. The van der Waals surface area contributed by atoms with Crippen molar-refractivity contribution >= 4 is 33.1 Å². The third-order valence-electron chi connectivity index (χ3n) is 3.72. The summed E-state index contributed by atoms with van der Waals surface area (Å²) in [6.07, 6.45) is 0. The van der Waals surface area contributed by atoms with Crippen molar-refractivity contribution in [2.24, 2.45) is 7.05 Å². The predicted octanol–water partition coefficient (Wildman–Crippen LogP) is 1.30. The Kier molecular flexibility index (Phi) is 4.58. The van der Waals surface area contributed by atoms with Crippen molar-refractivity contribution in [1.82, 2.24) is 19.1 Å². The van der Waals surface area contributed by atoms with Gasteiger partial charge < -0.3 is 9.30 Å². The van der Waals surface area contributed by atoms with E-state index in [2.05, 4.69) is 25.9 Å². The lowest BCUT2D eigenvalue weighted by Gasteiger charge is -2.09. The Hall–Kier alpha value is -2.68. The maximum atomic E-state index is 12.3. The number of imidazole rings is 1. The van der Waals surface area contributed by atoms with Crippen LogP contribution >= 0.6 is 15.9 Å². The molecule has 0 saturated heterocycles. The van der Waals surface area contributed by atoms with Crippen LogP contribution in [0.2, 0.25) is 0 Å². The summed E-state index contributed by atoms with van der Waals surface area (Å²) in [5.74, 6) is -0.0688. The van der Waals surface area contributed by atoms with Crippen molar-refractivity contribution in [3.63, 3.8) is 0 Å². The van der Waals surface area contributed by atoms with Crippen molar-refractivity contribution in [3.05, 3.63) is 61.0 Å². The quantitative estimate of drug-likeness (QED) is 0.658. The zero-order chi connectivity index (χ0) is 18.1. The predicted molar refractivity (Wildman–Crippen MR) is 94.3 cm³/mol. The van der Waals surface area contributed by atoms with Crippen LogP contribution < -0.4 is 11.2 Å². The zero-order valence-corrected chi connectivity index (χ0v) is 15.2. The number of hydrogen-bond acceptors (Lipinski definition) is 5. The number of nitrogens with zero attached hydrogens (tertiary/aromatic N) is 3. The minimum absolute atomic E-state index is 0.0916. The maximum absolute atomic E-state index is 12.3. The number of aryl methyl sites for hydroxylation is 1. The van der Waals surface area contributed by atoms with Crippen LogP contribution in [0, 0.1) is 0 Å². The molecule has 1 aromatic carbocycles. The number of aromatic amines is 1. The molecule has 3 rings (SSSR count). The van der Waals surface area contributed by atoms with E-state index in [0.717, 1.165) is 10.0 Å². The minimum atomic E-state index is -0.552. The van der Waals surface area contributed by atoms with Crippen LogP contribution in [0.5, 0.6) is 0 Å². The van der Waals surface area contributed by atoms with E-state index < -0.39 is 17.2 Å². The Balaban J connectivity index is 2.20. The molecular weight excluding hydrogens is 392 g/mol. The fourth-order valence-electron chi connectivity index (χ4n) is 2.54. The SMILES string of the molecule is CC(=O)OCc1nc2c(c(=O)[nH]c(=O)n2C)n1Cc1cccc(Br)c1. The van der Waals surface area contributed by atoms with Gasteiger partial charge in [0.1, 0.15) is 12.4 Å². The van der Waals surface area contributed by atoms with Crippen LogP contribution in [0.25, 0.3) is 11.2 Å². The number of fused-ring (bicyclic) bond motifs is 1. The number of hydrogen-bond donors (Lipinski definition) is 1. The summed E-state index contributed by atoms with van der Waals surface area (Å²) in [6.45, 7) is 1.54. The van der Waals surface area contributed by atoms with E-state index in [1.165, 1.54) is 18.5 Å². The Morgan fingerprint density at radius 2 is 2.12 bits per heavy atom. The van der Waals surface area contributed by atoms with E-state index in [1.54, 1.807) is 4.57 Å². The summed E-state index contributed by atoms with van der Waals surface area (Å²) in [5.41, 5.74) is 0.333. The van der Waals surface area contributed by atoms with E-state index >= 15 is 0 Å². The molecule has 0 bridgehead atoms. The first-order valence-corrected chi connectivity index (χ1v) is 8.22. The molecule has 0 aliphatic heterocycles. The van der Waals surface area contributed by atoms with Crippen LogP contribution in [-0.2, 0) is 29.7 Å². The molecule has 2 heterocycles. The summed E-state index contributed by atoms with van der Waals surface area (Å²) in [6, 6.07) is 7.59. The molecule has 0 fully saturated rings. The molecule has 1 N–H and O–H groups in total.